The van der Waals surface area contributed by atoms with E-state index in [1.165, 1.54) is 6.21 Å². The van der Waals surface area contributed by atoms with Crippen molar-refractivity contribution >= 4 is 28.9 Å². The average Bonchev–Trinajstić information content (AvgIpc) is 2.94. The molecule has 0 fully saturated rings. The number of hydrogen-bond donors (Lipinski definition) is 1. The summed E-state index contributed by atoms with van der Waals surface area (Å²) < 4.78 is 16.8. The summed E-state index contributed by atoms with van der Waals surface area (Å²) in [7, 11) is 0. The molecule has 0 aliphatic rings. The van der Waals surface area contributed by atoms with Crippen LogP contribution < -0.4 is 19.6 Å². The minimum atomic E-state index is -0.520. The number of hydrazone groups is 1. The molecule has 0 bridgehead atoms. The highest BCUT2D eigenvalue weighted by Gasteiger charge is 2.14. The third-order valence-electron chi connectivity index (χ3n) is 5.61. The Kier molecular flexibility index (Phi) is 8.86. The average molecular weight is 509 g/mol. The van der Waals surface area contributed by atoms with Gasteiger partial charge < -0.3 is 14.2 Å². The highest BCUT2D eigenvalue weighted by atomic mass is 16.5. The van der Waals surface area contributed by atoms with Crippen LogP contribution in [-0.2, 0) is 11.2 Å². The topological polar surface area (TPSA) is 86.2 Å². The Morgan fingerprint density at radius 2 is 1.66 bits per heavy atom. The van der Waals surface area contributed by atoms with Crippen molar-refractivity contribution in [3.8, 4) is 17.2 Å². The molecule has 38 heavy (non-hydrogen) atoms. The zero-order valence-electron chi connectivity index (χ0n) is 21.1. The minimum absolute atomic E-state index is 0.208. The summed E-state index contributed by atoms with van der Waals surface area (Å²) in [5.41, 5.74) is 4.35. The van der Waals surface area contributed by atoms with Crippen LogP contribution in [0, 0.1) is 0 Å². The highest BCUT2D eigenvalue weighted by molar-refractivity contribution is 6.04. The van der Waals surface area contributed by atoms with Crippen molar-refractivity contribution in [2.24, 2.45) is 5.10 Å². The number of rotatable bonds is 11. The SMILES string of the molecule is C=CCc1ccccc1OCC(=O)N/N=C\c1c(OC(=O)c2ccc(OCC)cc2)ccc2ccccc12. The fraction of sp³-hybridized carbons (Fsp3) is 0.129. The van der Waals surface area contributed by atoms with Crippen molar-refractivity contribution in [3.63, 3.8) is 0 Å². The lowest BCUT2D eigenvalue weighted by atomic mass is 10.0. The van der Waals surface area contributed by atoms with Crippen molar-refractivity contribution < 1.29 is 23.8 Å². The molecule has 0 aliphatic heterocycles. The summed E-state index contributed by atoms with van der Waals surface area (Å²) in [5.74, 6) is 0.655. The molecule has 1 N–H and O–H groups in total. The molecule has 0 aliphatic carbocycles. The Bertz CT molecular complexity index is 1460. The van der Waals surface area contributed by atoms with Crippen molar-refractivity contribution in [2.45, 2.75) is 13.3 Å². The van der Waals surface area contributed by atoms with Gasteiger partial charge in [0.1, 0.15) is 17.2 Å². The van der Waals surface area contributed by atoms with Crippen molar-refractivity contribution in [2.75, 3.05) is 13.2 Å². The summed E-state index contributed by atoms with van der Waals surface area (Å²) in [5, 5.41) is 5.86. The monoisotopic (exact) mass is 508 g/mol. The van der Waals surface area contributed by atoms with Crippen LogP contribution >= 0.6 is 0 Å². The molecule has 4 rings (SSSR count). The van der Waals surface area contributed by atoms with E-state index in [0.717, 1.165) is 16.3 Å². The smallest absolute Gasteiger partial charge is 0.343 e. The molecular weight excluding hydrogens is 480 g/mol. The molecule has 0 radical (unpaired) electrons. The molecule has 4 aromatic rings. The van der Waals surface area contributed by atoms with Gasteiger partial charge in [-0.2, -0.15) is 5.10 Å². The number of carbonyl (C=O) groups is 2. The van der Waals surface area contributed by atoms with Crippen LogP contribution in [0.5, 0.6) is 17.2 Å². The lowest BCUT2D eigenvalue weighted by molar-refractivity contribution is -0.123. The molecule has 4 aromatic carbocycles. The van der Waals surface area contributed by atoms with Crippen LogP contribution in [-0.4, -0.2) is 31.3 Å². The molecule has 0 atom stereocenters. The number of nitrogens with zero attached hydrogens (tertiary/aromatic N) is 1. The predicted molar refractivity (Wildman–Crippen MR) is 148 cm³/mol. The maximum absolute atomic E-state index is 12.8. The van der Waals surface area contributed by atoms with Crippen LogP contribution in [0.2, 0.25) is 0 Å². The van der Waals surface area contributed by atoms with Gasteiger partial charge in [0.2, 0.25) is 0 Å². The summed E-state index contributed by atoms with van der Waals surface area (Å²) in [6, 6.07) is 25.4. The molecule has 0 unspecified atom stereocenters. The van der Waals surface area contributed by atoms with Gasteiger partial charge in [0.25, 0.3) is 5.91 Å². The fourth-order valence-electron chi connectivity index (χ4n) is 3.82. The third kappa shape index (κ3) is 6.64. The zero-order chi connectivity index (χ0) is 26.7. The molecule has 0 saturated heterocycles. The quantitative estimate of drug-likeness (QED) is 0.0921. The van der Waals surface area contributed by atoms with Gasteiger partial charge >= 0.3 is 5.97 Å². The summed E-state index contributed by atoms with van der Waals surface area (Å²) in [6.07, 6.45) is 3.87. The molecule has 0 heterocycles. The summed E-state index contributed by atoms with van der Waals surface area (Å²) in [6.45, 7) is 5.97. The predicted octanol–water partition coefficient (Wildman–Crippen LogP) is 5.72. The van der Waals surface area contributed by atoms with Gasteiger partial charge in [-0.15, -0.1) is 6.58 Å². The number of benzene rings is 4. The first-order valence-corrected chi connectivity index (χ1v) is 12.2. The second-order valence-corrected chi connectivity index (χ2v) is 8.23. The van der Waals surface area contributed by atoms with Crippen LogP contribution in [0.15, 0.2) is 103 Å². The lowest BCUT2D eigenvalue weighted by Crippen LogP contribution is -2.25. The van der Waals surface area contributed by atoms with E-state index in [9.17, 15) is 9.59 Å². The molecular formula is C31H28N2O5. The molecule has 192 valence electrons. The van der Waals surface area contributed by atoms with E-state index in [1.807, 2.05) is 55.5 Å². The minimum Gasteiger partial charge on any atom is -0.494 e. The van der Waals surface area contributed by atoms with Crippen molar-refractivity contribution in [3.05, 3.63) is 114 Å². The molecule has 7 heteroatoms. The second-order valence-electron chi connectivity index (χ2n) is 8.23. The van der Waals surface area contributed by atoms with Crippen molar-refractivity contribution in [1.29, 1.82) is 0 Å². The Labute approximate surface area is 221 Å². The van der Waals surface area contributed by atoms with Gasteiger partial charge in [0, 0.05) is 5.56 Å². The van der Waals surface area contributed by atoms with Crippen LogP contribution in [0.4, 0.5) is 0 Å². The maximum Gasteiger partial charge on any atom is 0.343 e. The first-order chi connectivity index (χ1) is 18.6. The Balaban J connectivity index is 1.48. The number of esters is 1. The fourth-order valence-corrected chi connectivity index (χ4v) is 3.82. The molecule has 1 amide bonds. The van der Waals surface area contributed by atoms with Crippen LogP contribution in [0.1, 0.15) is 28.4 Å². The van der Waals surface area contributed by atoms with Gasteiger partial charge in [0.05, 0.1) is 18.4 Å². The summed E-state index contributed by atoms with van der Waals surface area (Å²) >= 11 is 0. The molecule has 0 saturated carbocycles. The van der Waals surface area contributed by atoms with E-state index < -0.39 is 11.9 Å². The standard InChI is InChI=1S/C31H28N2O5/c1-3-9-23-11-6-8-13-28(23)37-21-30(34)33-32-20-27-26-12-7-5-10-22(26)16-19-29(27)38-31(35)24-14-17-25(18-15-24)36-4-2/h3,5-8,10-20H,1,4,9,21H2,2H3,(H,33,34)/b32-20-. The van der Waals surface area contributed by atoms with E-state index in [-0.39, 0.29) is 6.61 Å². The second kappa shape index (κ2) is 12.9. The van der Waals surface area contributed by atoms with E-state index >= 15 is 0 Å². The van der Waals surface area contributed by atoms with Gasteiger partial charge in [-0.25, -0.2) is 10.2 Å². The highest BCUT2D eigenvalue weighted by Crippen LogP contribution is 2.28. The zero-order valence-corrected chi connectivity index (χ0v) is 21.1. The largest absolute Gasteiger partial charge is 0.494 e. The van der Waals surface area contributed by atoms with E-state index in [2.05, 4.69) is 17.1 Å². The molecule has 7 nitrogen and oxygen atoms in total. The number of allylic oxidation sites excluding steroid dienone is 1. The molecule has 0 spiro atoms. The van der Waals surface area contributed by atoms with E-state index in [4.69, 9.17) is 14.2 Å². The number of nitrogens with one attached hydrogen (secondary N) is 1. The van der Waals surface area contributed by atoms with Crippen LogP contribution in [0.3, 0.4) is 0 Å². The first kappa shape index (κ1) is 26.2. The number of carbonyl (C=O) groups excluding carboxylic acids is 2. The number of amides is 1. The number of ether oxygens (including phenoxy) is 3. The third-order valence-corrected chi connectivity index (χ3v) is 5.61. The van der Waals surface area contributed by atoms with Gasteiger partial charge in [-0.1, -0.05) is 54.6 Å². The number of hydrogen-bond acceptors (Lipinski definition) is 6. The molecule has 0 aromatic heterocycles. The van der Waals surface area contributed by atoms with E-state index in [1.54, 1.807) is 42.5 Å². The Morgan fingerprint density at radius 3 is 2.45 bits per heavy atom. The normalized spacial score (nSPS) is 10.8. The first-order valence-electron chi connectivity index (χ1n) is 12.2. The Hall–Kier alpha value is -4.91. The van der Waals surface area contributed by atoms with E-state index in [0.29, 0.717) is 41.4 Å². The van der Waals surface area contributed by atoms with Gasteiger partial charge in [-0.05, 0) is 66.1 Å². The summed E-state index contributed by atoms with van der Waals surface area (Å²) in [4.78, 5) is 25.2. The maximum atomic E-state index is 12.8. The lowest BCUT2D eigenvalue weighted by Gasteiger charge is -2.11. The number of para-hydroxylation sites is 1. The van der Waals surface area contributed by atoms with Gasteiger partial charge in [0.15, 0.2) is 6.61 Å². The van der Waals surface area contributed by atoms with Crippen LogP contribution in [0.25, 0.3) is 10.8 Å². The van der Waals surface area contributed by atoms with Crippen molar-refractivity contribution in [1.82, 2.24) is 5.43 Å². The van der Waals surface area contributed by atoms with Gasteiger partial charge in [-0.3, -0.25) is 4.79 Å². The number of fused-ring (bicyclic) bond motifs is 1. The Morgan fingerprint density at radius 1 is 0.895 bits per heavy atom.